The number of allylic oxidation sites excluding steroid dienone is 1. The molecular weight excluding hydrogens is 556 g/mol. The molecule has 1 saturated heterocycles. The number of urea groups is 1. The monoisotopic (exact) mass is 580 g/mol. The van der Waals surface area contributed by atoms with Crippen LogP contribution in [0.4, 0.5) is 10.5 Å². The molecule has 1 aliphatic rings. The molecule has 11 heteroatoms. The van der Waals surface area contributed by atoms with Gasteiger partial charge in [-0.2, -0.15) is 8.42 Å². The lowest BCUT2D eigenvalue weighted by Crippen LogP contribution is -2.54. The molecule has 1 N–H and O–H groups in total. The van der Waals surface area contributed by atoms with Crippen molar-refractivity contribution in [3.05, 3.63) is 100 Å². The summed E-state index contributed by atoms with van der Waals surface area (Å²) in [6, 6.07) is 12.9. The van der Waals surface area contributed by atoms with E-state index in [0.29, 0.717) is 21.7 Å². The van der Waals surface area contributed by atoms with Crippen molar-refractivity contribution in [2.24, 2.45) is 0 Å². The van der Waals surface area contributed by atoms with E-state index in [2.05, 4.69) is 11.9 Å². The minimum atomic E-state index is -4.22. The molecule has 0 unspecified atom stereocenters. The van der Waals surface area contributed by atoms with E-state index in [4.69, 9.17) is 20.5 Å². The van der Waals surface area contributed by atoms with Gasteiger partial charge in [0.15, 0.2) is 11.5 Å². The Kier molecular flexibility index (Phi) is 8.13. The molecule has 3 aromatic rings. The minimum absolute atomic E-state index is 0.0403. The highest BCUT2D eigenvalue weighted by Gasteiger charge is 2.37. The third-order valence-electron chi connectivity index (χ3n) is 6.07. The first-order valence-electron chi connectivity index (χ1n) is 12.0. The van der Waals surface area contributed by atoms with Gasteiger partial charge in [-0.05, 0) is 73.9 Å². The lowest BCUT2D eigenvalue weighted by atomic mass is 10.0. The average molecular weight is 581 g/mol. The fourth-order valence-corrected chi connectivity index (χ4v) is 5.19. The Morgan fingerprint density at radius 1 is 1.02 bits per heavy atom. The largest absolute Gasteiger partial charge is 0.493 e. The number of halogens is 1. The van der Waals surface area contributed by atoms with Crippen molar-refractivity contribution in [1.29, 1.82) is 0 Å². The van der Waals surface area contributed by atoms with E-state index in [1.165, 1.54) is 43.5 Å². The summed E-state index contributed by atoms with van der Waals surface area (Å²) in [5.74, 6) is -1.76. The van der Waals surface area contributed by atoms with Crippen molar-refractivity contribution in [3.8, 4) is 11.5 Å². The van der Waals surface area contributed by atoms with Crippen LogP contribution in [-0.2, 0) is 26.1 Å². The summed E-state index contributed by atoms with van der Waals surface area (Å²) < 4.78 is 37.0. The van der Waals surface area contributed by atoms with Crippen LogP contribution in [0.5, 0.6) is 11.5 Å². The number of ether oxygens (including phenoxy) is 1. The van der Waals surface area contributed by atoms with Crippen LogP contribution >= 0.6 is 11.6 Å². The summed E-state index contributed by atoms with van der Waals surface area (Å²) in [6.07, 6.45) is 3.00. The van der Waals surface area contributed by atoms with Crippen molar-refractivity contribution in [2.75, 3.05) is 12.0 Å². The molecule has 0 aromatic heterocycles. The molecule has 1 heterocycles. The molecule has 0 atom stereocenters. The second-order valence-electron chi connectivity index (χ2n) is 8.94. The van der Waals surface area contributed by atoms with E-state index < -0.39 is 28.0 Å². The van der Waals surface area contributed by atoms with Gasteiger partial charge in [0.1, 0.15) is 10.5 Å². The Morgan fingerprint density at radius 3 is 2.38 bits per heavy atom. The number of hydrogen-bond donors (Lipinski definition) is 1. The quantitative estimate of drug-likeness (QED) is 0.170. The fraction of sp³-hybridized carbons (Fsp3) is 0.138. The molecular formula is C29H25ClN2O7S. The maximum Gasteiger partial charge on any atom is 0.339 e. The first kappa shape index (κ1) is 28.6. The van der Waals surface area contributed by atoms with Gasteiger partial charge in [0.2, 0.25) is 0 Å². The Bertz CT molecular complexity index is 1680. The molecule has 3 aromatic carbocycles. The SMILES string of the molecule is C=CCc1cc(/C=C2\C(=O)NC(=O)N(c3cc(Cl)ccc3C)C2=O)cc(OC)c1OS(=O)(=O)c1ccc(C)cc1. The highest BCUT2D eigenvalue weighted by molar-refractivity contribution is 7.87. The minimum Gasteiger partial charge on any atom is -0.493 e. The summed E-state index contributed by atoms with van der Waals surface area (Å²) in [5.41, 5.74) is 2.07. The lowest BCUT2D eigenvalue weighted by molar-refractivity contribution is -0.122. The Balaban J connectivity index is 1.78. The third kappa shape index (κ3) is 5.78. The van der Waals surface area contributed by atoms with Gasteiger partial charge >= 0.3 is 16.1 Å². The predicted octanol–water partition coefficient (Wildman–Crippen LogP) is 5.13. The van der Waals surface area contributed by atoms with Crippen LogP contribution in [0.1, 0.15) is 22.3 Å². The summed E-state index contributed by atoms with van der Waals surface area (Å²) in [4.78, 5) is 39.5. The van der Waals surface area contributed by atoms with Crippen LogP contribution < -0.4 is 19.1 Å². The molecule has 0 saturated carbocycles. The first-order valence-corrected chi connectivity index (χ1v) is 13.7. The Labute approximate surface area is 236 Å². The maximum atomic E-state index is 13.4. The van der Waals surface area contributed by atoms with Crippen molar-refractivity contribution in [1.82, 2.24) is 5.32 Å². The predicted molar refractivity (Wildman–Crippen MR) is 151 cm³/mol. The standard InChI is InChI=1S/C29H25ClN2O7S/c1-5-6-20-13-19(15-25(38-4)26(20)39-40(36,37)22-11-7-17(2)8-12-22)14-23-27(33)31-29(35)32(28(23)34)24-16-21(30)10-9-18(24)3/h5,7-16H,1,6H2,2-4H3,(H,31,33,35)/b23-14+. The van der Waals surface area contributed by atoms with Gasteiger partial charge in [0.05, 0.1) is 12.8 Å². The van der Waals surface area contributed by atoms with Gasteiger partial charge in [-0.1, -0.05) is 41.4 Å². The number of carbonyl (C=O) groups is 3. The summed E-state index contributed by atoms with van der Waals surface area (Å²) in [5, 5.41) is 2.48. The molecule has 0 spiro atoms. The zero-order valence-electron chi connectivity index (χ0n) is 21.9. The molecule has 4 amide bonds. The number of amides is 4. The number of hydrogen-bond acceptors (Lipinski definition) is 7. The summed E-state index contributed by atoms with van der Waals surface area (Å²) >= 11 is 6.09. The lowest BCUT2D eigenvalue weighted by Gasteiger charge is -2.27. The molecule has 9 nitrogen and oxygen atoms in total. The number of nitrogens with zero attached hydrogens (tertiary/aromatic N) is 1. The van der Waals surface area contributed by atoms with Crippen LogP contribution in [0.3, 0.4) is 0 Å². The van der Waals surface area contributed by atoms with Gasteiger partial charge in [0, 0.05) is 10.6 Å². The van der Waals surface area contributed by atoms with E-state index >= 15 is 0 Å². The summed E-state index contributed by atoms with van der Waals surface area (Å²) in [7, 11) is -2.89. The van der Waals surface area contributed by atoms with Crippen molar-refractivity contribution in [3.63, 3.8) is 0 Å². The number of imide groups is 2. The fourth-order valence-electron chi connectivity index (χ4n) is 4.05. The second-order valence-corrected chi connectivity index (χ2v) is 10.9. The number of aryl methyl sites for hydroxylation is 2. The van der Waals surface area contributed by atoms with Gasteiger partial charge < -0.3 is 8.92 Å². The van der Waals surface area contributed by atoms with Gasteiger partial charge in [-0.25, -0.2) is 9.69 Å². The van der Waals surface area contributed by atoms with E-state index in [0.717, 1.165) is 10.5 Å². The van der Waals surface area contributed by atoms with Crippen LogP contribution in [0.25, 0.3) is 6.08 Å². The molecule has 4 rings (SSSR count). The number of benzene rings is 3. The highest BCUT2D eigenvalue weighted by Crippen LogP contribution is 2.37. The number of anilines is 1. The number of barbiturate groups is 1. The second kappa shape index (κ2) is 11.4. The van der Waals surface area contributed by atoms with Crippen molar-refractivity contribution in [2.45, 2.75) is 25.2 Å². The smallest absolute Gasteiger partial charge is 0.339 e. The van der Waals surface area contributed by atoms with Crippen LogP contribution in [0.15, 0.2) is 77.7 Å². The van der Waals surface area contributed by atoms with Crippen molar-refractivity contribution >= 4 is 51.3 Å². The van der Waals surface area contributed by atoms with Crippen LogP contribution in [0.2, 0.25) is 5.02 Å². The van der Waals surface area contributed by atoms with Crippen LogP contribution in [0, 0.1) is 13.8 Å². The van der Waals surface area contributed by atoms with Crippen molar-refractivity contribution < 1.29 is 31.7 Å². The van der Waals surface area contributed by atoms with Gasteiger partial charge in [-0.15, -0.1) is 6.58 Å². The number of rotatable bonds is 8. The summed E-state index contributed by atoms with van der Waals surface area (Å²) in [6.45, 7) is 7.25. The molecule has 0 radical (unpaired) electrons. The maximum absolute atomic E-state index is 13.4. The topological polar surface area (TPSA) is 119 Å². The van der Waals surface area contributed by atoms with Crippen LogP contribution in [-0.4, -0.2) is 33.4 Å². The van der Waals surface area contributed by atoms with E-state index in [1.54, 1.807) is 37.3 Å². The zero-order valence-corrected chi connectivity index (χ0v) is 23.4. The van der Waals surface area contributed by atoms with E-state index in [9.17, 15) is 22.8 Å². The number of nitrogens with one attached hydrogen (secondary N) is 1. The van der Waals surface area contributed by atoms with Gasteiger partial charge in [0.25, 0.3) is 11.8 Å². The van der Waals surface area contributed by atoms with Gasteiger partial charge in [-0.3, -0.25) is 14.9 Å². The molecule has 1 aliphatic heterocycles. The molecule has 206 valence electrons. The Hall–Kier alpha value is -4.41. The van der Waals surface area contributed by atoms with E-state index in [-0.39, 0.29) is 34.1 Å². The first-order chi connectivity index (χ1) is 18.9. The normalized spacial score (nSPS) is 14.8. The number of methoxy groups -OCH3 is 1. The molecule has 40 heavy (non-hydrogen) atoms. The Morgan fingerprint density at radius 2 is 1.73 bits per heavy atom. The third-order valence-corrected chi connectivity index (χ3v) is 7.54. The molecule has 0 aliphatic carbocycles. The highest BCUT2D eigenvalue weighted by atomic mass is 35.5. The average Bonchev–Trinajstić information content (AvgIpc) is 2.90. The molecule has 1 fully saturated rings. The number of carbonyl (C=O) groups excluding carboxylic acids is 3. The van der Waals surface area contributed by atoms with E-state index in [1.807, 2.05) is 6.92 Å². The zero-order chi connectivity index (χ0) is 29.2. The molecule has 0 bridgehead atoms.